The average molecular weight is 280 g/mol. The SMILES string of the molecule is COc1ccc(SCc2ccc(C(=O)O)s2)cc1. The molecule has 0 atom stereocenters. The van der Waals surface area contributed by atoms with Crippen molar-refractivity contribution in [1.29, 1.82) is 0 Å². The quantitative estimate of drug-likeness (QED) is 0.847. The summed E-state index contributed by atoms with van der Waals surface area (Å²) in [6.45, 7) is 0. The van der Waals surface area contributed by atoms with Crippen LogP contribution in [-0.2, 0) is 5.75 Å². The van der Waals surface area contributed by atoms with Gasteiger partial charge in [-0.1, -0.05) is 0 Å². The molecule has 2 rings (SSSR count). The minimum atomic E-state index is -0.860. The van der Waals surface area contributed by atoms with Crippen LogP contribution in [0.15, 0.2) is 41.3 Å². The number of rotatable bonds is 5. The van der Waals surface area contributed by atoms with Crippen molar-refractivity contribution in [3.05, 3.63) is 46.2 Å². The molecule has 0 amide bonds. The lowest BCUT2D eigenvalue weighted by atomic mass is 10.3. The van der Waals surface area contributed by atoms with Gasteiger partial charge in [-0.05, 0) is 36.4 Å². The molecule has 0 radical (unpaired) electrons. The van der Waals surface area contributed by atoms with Crippen molar-refractivity contribution >= 4 is 29.1 Å². The Morgan fingerprint density at radius 1 is 1.28 bits per heavy atom. The van der Waals surface area contributed by atoms with E-state index in [-0.39, 0.29) is 0 Å². The summed E-state index contributed by atoms with van der Waals surface area (Å²) in [6.07, 6.45) is 0. The fourth-order valence-electron chi connectivity index (χ4n) is 1.40. The molecular formula is C13H12O3S2. The van der Waals surface area contributed by atoms with Gasteiger partial charge in [-0.3, -0.25) is 0 Å². The van der Waals surface area contributed by atoms with E-state index >= 15 is 0 Å². The molecule has 1 aromatic carbocycles. The molecule has 3 nitrogen and oxygen atoms in total. The maximum Gasteiger partial charge on any atom is 0.345 e. The number of carbonyl (C=O) groups is 1. The van der Waals surface area contributed by atoms with E-state index in [2.05, 4.69) is 0 Å². The minimum absolute atomic E-state index is 0.389. The van der Waals surface area contributed by atoms with Gasteiger partial charge in [0.05, 0.1) is 7.11 Å². The second-order valence-electron chi connectivity index (χ2n) is 3.54. The van der Waals surface area contributed by atoms with Crippen LogP contribution in [0.3, 0.4) is 0 Å². The zero-order chi connectivity index (χ0) is 13.0. The molecular weight excluding hydrogens is 268 g/mol. The van der Waals surface area contributed by atoms with E-state index in [0.717, 1.165) is 21.3 Å². The smallest absolute Gasteiger partial charge is 0.345 e. The molecule has 1 aromatic heterocycles. The Hall–Kier alpha value is -1.46. The summed E-state index contributed by atoms with van der Waals surface area (Å²) >= 11 is 3.00. The van der Waals surface area contributed by atoms with Crippen molar-refractivity contribution in [2.45, 2.75) is 10.6 Å². The number of hydrogen-bond acceptors (Lipinski definition) is 4. The molecule has 94 valence electrons. The predicted molar refractivity (Wildman–Crippen MR) is 73.8 cm³/mol. The van der Waals surface area contributed by atoms with Crippen LogP contribution in [0.5, 0.6) is 5.75 Å². The molecule has 0 spiro atoms. The highest BCUT2D eigenvalue weighted by molar-refractivity contribution is 7.98. The fraction of sp³-hybridized carbons (Fsp3) is 0.154. The molecule has 0 unspecified atom stereocenters. The Morgan fingerprint density at radius 2 is 2.00 bits per heavy atom. The van der Waals surface area contributed by atoms with Gasteiger partial charge in [0, 0.05) is 15.5 Å². The van der Waals surface area contributed by atoms with Crippen LogP contribution < -0.4 is 4.74 Å². The first-order valence-electron chi connectivity index (χ1n) is 5.28. The van der Waals surface area contributed by atoms with E-state index < -0.39 is 5.97 Å². The van der Waals surface area contributed by atoms with Gasteiger partial charge < -0.3 is 9.84 Å². The van der Waals surface area contributed by atoms with Crippen LogP contribution in [0.2, 0.25) is 0 Å². The highest BCUT2D eigenvalue weighted by atomic mass is 32.2. The average Bonchev–Trinajstić information content (AvgIpc) is 2.86. The molecule has 1 heterocycles. The summed E-state index contributed by atoms with van der Waals surface area (Å²) in [5, 5.41) is 8.83. The largest absolute Gasteiger partial charge is 0.497 e. The lowest BCUT2D eigenvalue weighted by Crippen LogP contribution is -1.89. The number of thioether (sulfide) groups is 1. The van der Waals surface area contributed by atoms with Gasteiger partial charge in [0.1, 0.15) is 10.6 Å². The molecule has 0 aliphatic rings. The summed E-state index contributed by atoms with van der Waals surface area (Å²) in [5.74, 6) is 0.758. The first kappa shape index (κ1) is 13.0. The molecule has 18 heavy (non-hydrogen) atoms. The van der Waals surface area contributed by atoms with Crippen molar-refractivity contribution in [3.63, 3.8) is 0 Å². The highest BCUT2D eigenvalue weighted by Crippen LogP contribution is 2.28. The van der Waals surface area contributed by atoms with Crippen molar-refractivity contribution in [1.82, 2.24) is 0 Å². The molecule has 1 N–H and O–H groups in total. The summed E-state index contributed by atoms with van der Waals surface area (Å²) in [5.41, 5.74) is 0. The van der Waals surface area contributed by atoms with Crippen molar-refractivity contribution in [2.75, 3.05) is 7.11 Å². The highest BCUT2D eigenvalue weighted by Gasteiger charge is 2.07. The number of ether oxygens (including phenoxy) is 1. The number of aromatic carboxylic acids is 1. The number of methoxy groups -OCH3 is 1. The normalized spacial score (nSPS) is 10.3. The second kappa shape index (κ2) is 5.93. The molecule has 0 saturated carbocycles. The van der Waals surface area contributed by atoms with Gasteiger partial charge >= 0.3 is 5.97 Å². The summed E-state index contributed by atoms with van der Waals surface area (Å²) in [4.78, 5) is 13.3. The molecule has 5 heteroatoms. The van der Waals surface area contributed by atoms with Crippen LogP contribution in [0, 0.1) is 0 Å². The van der Waals surface area contributed by atoms with Gasteiger partial charge in [0.15, 0.2) is 0 Å². The van der Waals surface area contributed by atoms with Gasteiger partial charge in [0.25, 0.3) is 0 Å². The minimum Gasteiger partial charge on any atom is -0.497 e. The first-order valence-corrected chi connectivity index (χ1v) is 7.08. The van der Waals surface area contributed by atoms with Gasteiger partial charge in [0.2, 0.25) is 0 Å². The van der Waals surface area contributed by atoms with Crippen LogP contribution in [0.1, 0.15) is 14.5 Å². The summed E-state index contributed by atoms with van der Waals surface area (Å²) in [6, 6.07) is 11.3. The number of thiophene rings is 1. The lowest BCUT2D eigenvalue weighted by Gasteiger charge is -2.02. The van der Waals surface area contributed by atoms with Gasteiger partial charge in [-0.15, -0.1) is 23.1 Å². The predicted octanol–water partition coefficient (Wildman–Crippen LogP) is 3.75. The maximum atomic E-state index is 10.7. The number of benzene rings is 1. The third kappa shape index (κ3) is 3.27. The van der Waals surface area contributed by atoms with Crippen LogP contribution >= 0.6 is 23.1 Å². The number of carboxylic acid groups (broad SMARTS) is 1. The molecule has 0 fully saturated rings. The number of hydrogen-bond donors (Lipinski definition) is 1. The van der Waals surface area contributed by atoms with E-state index in [4.69, 9.17) is 9.84 Å². The van der Waals surface area contributed by atoms with Gasteiger partial charge in [-0.2, -0.15) is 0 Å². The third-order valence-corrected chi connectivity index (χ3v) is 4.63. The van der Waals surface area contributed by atoms with Crippen LogP contribution in [-0.4, -0.2) is 18.2 Å². The molecule has 2 aromatic rings. The molecule has 0 aliphatic heterocycles. The van der Waals surface area contributed by atoms with Crippen LogP contribution in [0.25, 0.3) is 0 Å². The molecule has 0 saturated heterocycles. The first-order chi connectivity index (χ1) is 8.69. The zero-order valence-corrected chi connectivity index (χ0v) is 11.4. The van der Waals surface area contributed by atoms with Crippen molar-refractivity contribution in [2.24, 2.45) is 0 Å². The molecule has 0 bridgehead atoms. The lowest BCUT2D eigenvalue weighted by molar-refractivity contribution is 0.0702. The Labute approximate surface area is 113 Å². The Morgan fingerprint density at radius 3 is 2.56 bits per heavy atom. The fourth-order valence-corrected chi connectivity index (χ4v) is 3.18. The van der Waals surface area contributed by atoms with E-state index in [1.165, 1.54) is 11.3 Å². The number of carboxylic acids is 1. The third-order valence-electron chi connectivity index (χ3n) is 2.31. The topological polar surface area (TPSA) is 46.5 Å². The zero-order valence-electron chi connectivity index (χ0n) is 9.75. The van der Waals surface area contributed by atoms with Crippen LogP contribution in [0.4, 0.5) is 0 Å². The van der Waals surface area contributed by atoms with Crippen molar-refractivity contribution < 1.29 is 14.6 Å². The summed E-state index contributed by atoms with van der Waals surface area (Å²) in [7, 11) is 1.64. The Balaban J connectivity index is 1.95. The second-order valence-corrected chi connectivity index (χ2v) is 5.75. The maximum absolute atomic E-state index is 10.7. The Kier molecular flexibility index (Phi) is 4.28. The monoisotopic (exact) mass is 280 g/mol. The van der Waals surface area contributed by atoms with Crippen molar-refractivity contribution in [3.8, 4) is 5.75 Å². The summed E-state index contributed by atoms with van der Waals surface area (Å²) < 4.78 is 5.09. The molecule has 0 aliphatic carbocycles. The van der Waals surface area contributed by atoms with E-state index in [9.17, 15) is 4.79 Å². The Bertz CT molecular complexity index is 531. The standard InChI is InChI=1S/C13H12O3S2/c1-16-9-2-4-10(5-3-9)17-8-11-6-7-12(18-11)13(14)15/h2-7H,8H2,1H3,(H,14,15). The van der Waals surface area contributed by atoms with Gasteiger partial charge in [-0.25, -0.2) is 4.79 Å². The van der Waals surface area contributed by atoms with E-state index in [1.807, 2.05) is 30.3 Å². The van der Waals surface area contributed by atoms with E-state index in [0.29, 0.717) is 4.88 Å². The van der Waals surface area contributed by atoms with E-state index in [1.54, 1.807) is 24.9 Å².